The van der Waals surface area contributed by atoms with Crippen molar-refractivity contribution in [2.45, 2.75) is 6.42 Å². The van der Waals surface area contributed by atoms with Gasteiger partial charge < -0.3 is 9.84 Å². The molecule has 0 unspecified atom stereocenters. The molecular weight excluding hydrogens is 414 g/mol. The number of aromatic carboxylic acids is 1. The van der Waals surface area contributed by atoms with Crippen LogP contribution in [0.3, 0.4) is 0 Å². The Balaban J connectivity index is 1.64. The van der Waals surface area contributed by atoms with Gasteiger partial charge in [0.1, 0.15) is 35.0 Å². The van der Waals surface area contributed by atoms with Gasteiger partial charge in [-0.25, -0.2) is 28.2 Å². The van der Waals surface area contributed by atoms with Crippen molar-refractivity contribution >= 4 is 17.3 Å². The summed E-state index contributed by atoms with van der Waals surface area (Å²) in [6, 6.07) is 8.11. The zero-order chi connectivity index (χ0) is 20.8. The number of carbonyl (C=O) groups is 1. The van der Waals surface area contributed by atoms with E-state index >= 15 is 0 Å². The van der Waals surface area contributed by atoms with Crippen LogP contribution in [0.25, 0.3) is 27.0 Å². The van der Waals surface area contributed by atoms with Crippen molar-refractivity contribution in [2.75, 3.05) is 6.61 Å². The van der Waals surface area contributed by atoms with Crippen LogP contribution in [0.4, 0.5) is 8.78 Å². The maximum Gasteiger partial charge on any atom is 0.354 e. The van der Waals surface area contributed by atoms with E-state index in [1.54, 1.807) is 6.07 Å². The van der Waals surface area contributed by atoms with Crippen molar-refractivity contribution in [3.8, 4) is 32.7 Å². The minimum atomic E-state index is -1.13. The van der Waals surface area contributed by atoms with E-state index in [1.165, 1.54) is 34.5 Å². The fourth-order valence-electron chi connectivity index (χ4n) is 3.28. The van der Waals surface area contributed by atoms with Gasteiger partial charge >= 0.3 is 5.97 Å². The van der Waals surface area contributed by atoms with Gasteiger partial charge in [0.2, 0.25) is 0 Å². The molecule has 1 aliphatic heterocycles. The van der Waals surface area contributed by atoms with Crippen LogP contribution in [0.5, 0.6) is 5.75 Å². The Bertz CT molecular complexity index is 1300. The molecule has 0 saturated heterocycles. The molecule has 0 atom stereocenters. The highest BCUT2D eigenvalue weighted by molar-refractivity contribution is 7.19. The lowest BCUT2D eigenvalue weighted by atomic mass is 10.1. The predicted octanol–water partition coefficient (Wildman–Crippen LogP) is 3.97. The largest absolute Gasteiger partial charge is 0.491 e. The number of benzene rings is 1. The minimum Gasteiger partial charge on any atom is -0.491 e. The SMILES string of the molecule is O=C(O)c1ccc2c(n1)-c1sc(-c3ncnn3-c3ccc(F)cc3F)cc1CCO2. The molecule has 3 aromatic heterocycles. The van der Waals surface area contributed by atoms with Crippen LogP contribution in [0.15, 0.2) is 42.7 Å². The molecular formula is C20H12F2N4O3S. The quantitative estimate of drug-likeness (QED) is 0.533. The molecule has 30 heavy (non-hydrogen) atoms. The molecule has 4 aromatic rings. The minimum absolute atomic E-state index is 0.0718. The second-order valence-electron chi connectivity index (χ2n) is 6.50. The molecule has 1 aromatic carbocycles. The van der Waals surface area contributed by atoms with Gasteiger partial charge in [-0.15, -0.1) is 11.3 Å². The summed E-state index contributed by atoms with van der Waals surface area (Å²) in [7, 11) is 0. The van der Waals surface area contributed by atoms with Gasteiger partial charge in [0, 0.05) is 12.5 Å². The third-order valence-corrected chi connectivity index (χ3v) is 5.82. The van der Waals surface area contributed by atoms with E-state index in [4.69, 9.17) is 4.74 Å². The third kappa shape index (κ3) is 3.01. The van der Waals surface area contributed by atoms with Crippen molar-refractivity contribution in [3.05, 3.63) is 65.6 Å². The Kier molecular flexibility index (Phi) is 4.28. The average molecular weight is 426 g/mol. The molecule has 0 fully saturated rings. The molecule has 5 rings (SSSR count). The van der Waals surface area contributed by atoms with Gasteiger partial charge in [0.05, 0.1) is 16.4 Å². The second kappa shape index (κ2) is 6.99. The molecule has 0 aliphatic carbocycles. The van der Waals surface area contributed by atoms with Crippen molar-refractivity contribution < 1.29 is 23.4 Å². The Morgan fingerprint density at radius 2 is 2.07 bits per heavy atom. The van der Waals surface area contributed by atoms with Crippen LogP contribution in [-0.4, -0.2) is 37.4 Å². The molecule has 7 nitrogen and oxygen atoms in total. The zero-order valence-corrected chi connectivity index (χ0v) is 16.0. The highest BCUT2D eigenvalue weighted by atomic mass is 32.1. The number of pyridine rings is 1. The molecule has 150 valence electrons. The van der Waals surface area contributed by atoms with Crippen LogP contribution < -0.4 is 4.74 Å². The molecule has 1 N–H and O–H groups in total. The first-order chi connectivity index (χ1) is 14.5. The van der Waals surface area contributed by atoms with E-state index < -0.39 is 17.6 Å². The number of hydrogen-bond acceptors (Lipinski definition) is 6. The van der Waals surface area contributed by atoms with Crippen LogP contribution in [0.2, 0.25) is 0 Å². The molecule has 10 heteroatoms. The predicted molar refractivity (Wildman–Crippen MR) is 104 cm³/mol. The zero-order valence-electron chi connectivity index (χ0n) is 15.2. The lowest BCUT2D eigenvalue weighted by Crippen LogP contribution is -2.03. The van der Waals surface area contributed by atoms with Crippen LogP contribution in [-0.2, 0) is 6.42 Å². The number of halogens is 2. The van der Waals surface area contributed by atoms with Crippen molar-refractivity contribution in [1.29, 1.82) is 0 Å². The summed E-state index contributed by atoms with van der Waals surface area (Å²) in [5.41, 5.74) is 1.34. The first kappa shape index (κ1) is 18.4. The van der Waals surface area contributed by atoms with Gasteiger partial charge in [-0.3, -0.25) is 0 Å². The Morgan fingerprint density at radius 1 is 1.20 bits per heavy atom. The highest BCUT2D eigenvalue weighted by Gasteiger charge is 2.24. The fraction of sp³-hybridized carbons (Fsp3) is 0.100. The second-order valence-corrected chi connectivity index (χ2v) is 7.56. The topological polar surface area (TPSA) is 90.1 Å². The molecule has 0 spiro atoms. The van der Waals surface area contributed by atoms with E-state index in [2.05, 4.69) is 15.1 Å². The van der Waals surface area contributed by atoms with Gasteiger partial charge in [0.25, 0.3) is 0 Å². The number of aromatic nitrogens is 4. The summed E-state index contributed by atoms with van der Waals surface area (Å²) in [6.07, 6.45) is 1.88. The van der Waals surface area contributed by atoms with E-state index in [-0.39, 0.29) is 11.4 Å². The van der Waals surface area contributed by atoms with Crippen LogP contribution in [0, 0.1) is 11.6 Å². The van der Waals surface area contributed by atoms with Gasteiger partial charge in [0.15, 0.2) is 11.6 Å². The molecule has 0 bridgehead atoms. The number of nitrogens with zero attached hydrogens (tertiary/aromatic N) is 4. The number of carboxylic acids is 1. The third-order valence-electron chi connectivity index (χ3n) is 4.64. The number of hydrogen-bond donors (Lipinski definition) is 1. The van der Waals surface area contributed by atoms with Crippen LogP contribution >= 0.6 is 11.3 Å². The monoisotopic (exact) mass is 426 g/mol. The summed E-state index contributed by atoms with van der Waals surface area (Å²) in [6.45, 7) is 0.406. The summed E-state index contributed by atoms with van der Waals surface area (Å²) in [5, 5.41) is 13.4. The summed E-state index contributed by atoms with van der Waals surface area (Å²) < 4.78 is 34.6. The average Bonchev–Trinajstić information content (AvgIpc) is 3.32. The standard InChI is InChI=1S/C20H12F2N4O3S/c21-11-1-3-14(12(22)8-11)26-19(23-9-24-26)16-7-10-5-6-29-15-4-2-13(20(27)28)25-17(15)18(10)30-16/h1-4,7-9H,5-6H2,(H,27,28). The lowest BCUT2D eigenvalue weighted by Gasteiger charge is -2.07. The number of ether oxygens (including phenoxy) is 1. The van der Waals surface area contributed by atoms with Gasteiger partial charge in [-0.1, -0.05) is 0 Å². The van der Waals surface area contributed by atoms with Crippen molar-refractivity contribution in [1.82, 2.24) is 19.7 Å². The van der Waals surface area contributed by atoms with Crippen LogP contribution in [0.1, 0.15) is 16.1 Å². The normalized spacial score (nSPS) is 12.6. The maximum absolute atomic E-state index is 14.3. The van der Waals surface area contributed by atoms with Crippen molar-refractivity contribution in [3.63, 3.8) is 0 Å². The molecule has 4 heterocycles. The van der Waals surface area contributed by atoms with E-state index in [0.717, 1.165) is 22.6 Å². The molecule has 1 aliphatic rings. The summed E-state index contributed by atoms with van der Waals surface area (Å²) in [4.78, 5) is 21.3. The fourth-order valence-corrected chi connectivity index (χ4v) is 4.47. The number of fused-ring (bicyclic) bond motifs is 3. The Labute approximate surface area is 172 Å². The van der Waals surface area contributed by atoms with Crippen molar-refractivity contribution in [2.24, 2.45) is 0 Å². The first-order valence-corrected chi connectivity index (χ1v) is 9.69. The van der Waals surface area contributed by atoms with E-state index in [1.807, 2.05) is 6.07 Å². The van der Waals surface area contributed by atoms with E-state index in [0.29, 0.717) is 35.2 Å². The van der Waals surface area contributed by atoms with Gasteiger partial charge in [-0.2, -0.15) is 5.10 Å². The first-order valence-electron chi connectivity index (χ1n) is 8.87. The molecule has 0 radical (unpaired) electrons. The Morgan fingerprint density at radius 3 is 2.87 bits per heavy atom. The maximum atomic E-state index is 14.3. The molecule has 0 saturated carbocycles. The summed E-state index contributed by atoms with van der Waals surface area (Å²) >= 11 is 1.33. The highest BCUT2D eigenvalue weighted by Crippen LogP contribution is 2.42. The Hall–Kier alpha value is -3.66. The lowest BCUT2D eigenvalue weighted by molar-refractivity contribution is 0.0690. The van der Waals surface area contributed by atoms with E-state index in [9.17, 15) is 18.7 Å². The number of rotatable bonds is 3. The smallest absolute Gasteiger partial charge is 0.354 e. The number of thiophene rings is 1. The molecule has 0 amide bonds. The number of carboxylic acid groups (broad SMARTS) is 1. The van der Waals surface area contributed by atoms with Gasteiger partial charge in [-0.05, 0) is 35.9 Å². The summed E-state index contributed by atoms with van der Waals surface area (Å²) in [5.74, 6) is -1.69.